The number of carbonyl (C=O) groups is 2. The average Bonchev–Trinajstić information content (AvgIpc) is 2.83. The SMILES string of the molecule is O=C1CC2(CCN(C(=O)c3cc(I)ccc3O)CC2)CN1. The molecule has 1 spiro atoms. The van der Waals surface area contributed by atoms with E-state index >= 15 is 0 Å². The third kappa shape index (κ3) is 2.86. The fraction of sp³-hybridized carbons (Fsp3) is 0.467. The summed E-state index contributed by atoms with van der Waals surface area (Å²) >= 11 is 2.13. The minimum absolute atomic E-state index is 0.0263. The molecule has 0 radical (unpaired) electrons. The number of rotatable bonds is 1. The fourth-order valence-electron chi connectivity index (χ4n) is 3.14. The van der Waals surface area contributed by atoms with Gasteiger partial charge in [0.2, 0.25) is 5.91 Å². The van der Waals surface area contributed by atoms with Crippen LogP contribution in [0, 0.1) is 8.99 Å². The molecule has 0 saturated carbocycles. The van der Waals surface area contributed by atoms with Gasteiger partial charge < -0.3 is 15.3 Å². The summed E-state index contributed by atoms with van der Waals surface area (Å²) in [6.45, 7) is 2.00. The van der Waals surface area contributed by atoms with E-state index in [0.29, 0.717) is 25.1 Å². The molecule has 2 aliphatic rings. The van der Waals surface area contributed by atoms with Crippen LogP contribution in [0.3, 0.4) is 0 Å². The number of hydrogen-bond acceptors (Lipinski definition) is 3. The monoisotopic (exact) mass is 400 g/mol. The maximum absolute atomic E-state index is 12.5. The van der Waals surface area contributed by atoms with Crippen LogP contribution >= 0.6 is 22.6 Å². The maximum Gasteiger partial charge on any atom is 0.257 e. The highest BCUT2D eigenvalue weighted by molar-refractivity contribution is 14.1. The van der Waals surface area contributed by atoms with Crippen molar-refractivity contribution < 1.29 is 14.7 Å². The van der Waals surface area contributed by atoms with Crippen molar-refractivity contribution in [3.05, 3.63) is 27.3 Å². The Hall–Kier alpha value is -1.31. The average molecular weight is 400 g/mol. The lowest BCUT2D eigenvalue weighted by Crippen LogP contribution is -2.44. The van der Waals surface area contributed by atoms with Gasteiger partial charge in [0.15, 0.2) is 0 Å². The molecule has 2 heterocycles. The molecule has 2 amide bonds. The molecular weight excluding hydrogens is 383 g/mol. The summed E-state index contributed by atoms with van der Waals surface area (Å²) in [5.74, 6) is 0.0154. The summed E-state index contributed by atoms with van der Waals surface area (Å²) in [7, 11) is 0. The topological polar surface area (TPSA) is 69.6 Å². The molecule has 0 unspecified atom stereocenters. The van der Waals surface area contributed by atoms with Crippen molar-refractivity contribution >= 4 is 34.4 Å². The fourth-order valence-corrected chi connectivity index (χ4v) is 3.63. The molecule has 3 rings (SSSR count). The van der Waals surface area contributed by atoms with Gasteiger partial charge in [-0.3, -0.25) is 9.59 Å². The zero-order chi connectivity index (χ0) is 15.0. The van der Waals surface area contributed by atoms with Crippen LogP contribution in [0.15, 0.2) is 18.2 Å². The molecular formula is C15H17IN2O3. The van der Waals surface area contributed by atoms with Gasteiger partial charge in [-0.15, -0.1) is 0 Å². The molecule has 6 heteroatoms. The number of phenols is 1. The van der Waals surface area contributed by atoms with Crippen LogP contribution in [0.4, 0.5) is 0 Å². The summed E-state index contributed by atoms with van der Waals surface area (Å²) in [6.07, 6.45) is 2.24. The van der Waals surface area contributed by atoms with Crippen molar-refractivity contribution in [3.8, 4) is 5.75 Å². The van der Waals surface area contributed by atoms with Crippen LogP contribution < -0.4 is 5.32 Å². The van der Waals surface area contributed by atoms with Crippen molar-refractivity contribution in [2.24, 2.45) is 5.41 Å². The van der Waals surface area contributed by atoms with E-state index in [-0.39, 0.29) is 23.0 Å². The number of likely N-dealkylation sites (tertiary alicyclic amines) is 1. The molecule has 0 aliphatic carbocycles. The van der Waals surface area contributed by atoms with E-state index in [9.17, 15) is 14.7 Å². The Bertz CT molecular complexity index is 595. The third-order valence-corrected chi connectivity index (χ3v) is 5.17. The van der Waals surface area contributed by atoms with E-state index in [1.807, 2.05) is 0 Å². The highest BCUT2D eigenvalue weighted by Crippen LogP contribution is 2.38. The molecule has 112 valence electrons. The number of halogens is 1. The lowest BCUT2D eigenvalue weighted by Gasteiger charge is -2.38. The predicted octanol–water partition coefficient (Wildman–Crippen LogP) is 1.74. The maximum atomic E-state index is 12.5. The molecule has 1 aromatic rings. The van der Waals surface area contributed by atoms with Crippen LogP contribution in [0.25, 0.3) is 0 Å². The molecule has 2 N–H and O–H groups in total. The van der Waals surface area contributed by atoms with Crippen molar-refractivity contribution in [1.29, 1.82) is 0 Å². The summed E-state index contributed by atoms with van der Waals surface area (Å²) < 4.78 is 0.924. The van der Waals surface area contributed by atoms with E-state index in [4.69, 9.17) is 0 Å². The lowest BCUT2D eigenvalue weighted by molar-refractivity contribution is -0.119. The Morgan fingerprint density at radius 3 is 2.67 bits per heavy atom. The Kier molecular flexibility index (Phi) is 3.81. The van der Waals surface area contributed by atoms with Gasteiger partial charge in [0.1, 0.15) is 5.75 Å². The Morgan fingerprint density at radius 1 is 1.33 bits per heavy atom. The standard InChI is InChI=1S/C15H17IN2O3/c16-10-1-2-12(19)11(7-10)14(21)18-5-3-15(4-6-18)8-13(20)17-9-15/h1-2,7,19H,3-6,8-9H2,(H,17,20). The van der Waals surface area contributed by atoms with Crippen LogP contribution in [0.2, 0.25) is 0 Å². The Morgan fingerprint density at radius 2 is 2.05 bits per heavy atom. The summed E-state index contributed by atoms with van der Waals surface area (Å²) in [5, 5.41) is 12.8. The van der Waals surface area contributed by atoms with Gasteiger partial charge in [0, 0.05) is 29.6 Å². The second-order valence-corrected chi connectivity index (χ2v) is 7.15. The minimum Gasteiger partial charge on any atom is -0.507 e. The Balaban J connectivity index is 1.70. The second-order valence-electron chi connectivity index (χ2n) is 5.91. The number of hydrogen-bond donors (Lipinski definition) is 2. The molecule has 2 saturated heterocycles. The number of nitrogens with zero attached hydrogens (tertiary/aromatic N) is 1. The first kappa shape index (κ1) is 14.6. The zero-order valence-electron chi connectivity index (χ0n) is 11.6. The summed E-state index contributed by atoms with van der Waals surface area (Å²) in [6, 6.07) is 5.04. The molecule has 0 aromatic heterocycles. The van der Waals surface area contributed by atoms with Gasteiger partial charge in [0.05, 0.1) is 5.56 Å². The van der Waals surface area contributed by atoms with E-state index in [0.717, 1.165) is 23.0 Å². The molecule has 5 nitrogen and oxygen atoms in total. The molecule has 2 fully saturated rings. The quantitative estimate of drug-likeness (QED) is 0.706. The number of piperidine rings is 1. The summed E-state index contributed by atoms with van der Waals surface area (Å²) in [4.78, 5) is 25.7. The highest BCUT2D eigenvalue weighted by atomic mass is 127. The van der Waals surface area contributed by atoms with Gasteiger partial charge in [-0.2, -0.15) is 0 Å². The Labute approximate surface area is 136 Å². The number of aromatic hydroxyl groups is 1. The van der Waals surface area contributed by atoms with E-state index in [1.165, 1.54) is 0 Å². The van der Waals surface area contributed by atoms with Crippen molar-refractivity contribution in [2.45, 2.75) is 19.3 Å². The number of benzene rings is 1. The minimum atomic E-state index is -0.127. The zero-order valence-corrected chi connectivity index (χ0v) is 13.7. The number of carbonyl (C=O) groups excluding carboxylic acids is 2. The first-order chi connectivity index (χ1) is 9.99. The van der Waals surface area contributed by atoms with Crippen molar-refractivity contribution in [2.75, 3.05) is 19.6 Å². The van der Waals surface area contributed by atoms with Crippen molar-refractivity contribution in [3.63, 3.8) is 0 Å². The molecule has 0 bridgehead atoms. The van der Waals surface area contributed by atoms with Gasteiger partial charge in [-0.25, -0.2) is 0 Å². The van der Waals surface area contributed by atoms with Gasteiger partial charge in [-0.05, 0) is 59.0 Å². The molecule has 21 heavy (non-hydrogen) atoms. The molecule has 1 aromatic carbocycles. The highest BCUT2D eigenvalue weighted by Gasteiger charge is 2.41. The summed E-state index contributed by atoms with van der Waals surface area (Å²) in [5.41, 5.74) is 0.388. The normalized spacial score (nSPS) is 20.6. The first-order valence-electron chi connectivity index (χ1n) is 7.04. The third-order valence-electron chi connectivity index (χ3n) is 4.50. The first-order valence-corrected chi connectivity index (χ1v) is 8.12. The number of amides is 2. The lowest BCUT2D eigenvalue weighted by atomic mass is 9.77. The van der Waals surface area contributed by atoms with Crippen molar-refractivity contribution in [1.82, 2.24) is 10.2 Å². The van der Waals surface area contributed by atoms with Crippen LogP contribution in [-0.2, 0) is 4.79 Å². The van der Waals surface area contributed by atoms with E-state index < -0.39 is 0 Å². The van der Waals surface area contributed by atoms with Crippen LogP contribution in [0.5, 0.6) is 5.75 Å². The number of phenolic OH excluding ortho intramolecular Hbond substituents is 1. The van der Waals surface area contributed by atoms with Gasteiger partial charge in [-0.1, -0.05) is 0 Å². The van der Waals surface area contributed by atoms with Gasteiger partial charge in [0.25, 0.3) is 5.91 Å². The molecule has 0 atom stereocenters. The van der Waals surface area contributed by atoms with E-state index in [1.54, 1.807) is 23.1 Å². The van der Waals surface area contributed by atoms with Gasteiger partial charge >= 0.3 is 0 Å². The van der Waals surface area contributed by atoms with E-state index in [2.05, 4.69) is 27.9 Å². The van der Waals surface area contributed by atoms with Crippen LogP contribution in [-0.4, -0.2) is 41.5 Å². The predicted molar refractivity (Wildman–Crippen MR) is 86.0 cm³/mol. The largest absolute Gasteiger partial charge is 0.507 e. The second kappa shape index (κ2) is 5.47. The molecule has 2 aliphatic heterocycles. The number of nitrogens with one attached hydrogen (secondary N) is 1. The smallest absolute Gasteiger partial charge is 0.257 e. The van der Waals surface area contributed by atoms with Crippen LogP contribution in [0.1, 0.15) is 29.6 Å².